The lowest BCUT2D eigenvalue weighted by atomic mass is 9.75. The average Bonchev–Trinajstić information content (AvgIpc) is 3.90. The Bertz CT molecular complexity index is 1960. The largest absolute Gasteiger partial charge is 0.465 e. The molecule has 54 heavy (non-hydrogen) atoms. The summed E-state index contributed by atoms with van der Waals surface area (Å²) in [6.45, 7) is 1.09. The molecule has 0 amide bonds. The molecule has 0 atom stereocenters. The van der Waals surface area contributed by atoms with Crippen LogP contribution in [0.25, 0.3) is 22.3 Å². The maximum atomic E-state index is 12.5. The highest BCUT2D eigenvalue weighted by molar-refractivity contribution is 6.15. The first kappa shape index (κ1) is 36.0. The van der Waals surface area contributed by atoms with E-state index >= 15 is 0 Å². The lowest BCUT2D eigenvalue weighted by molar-refractivity contribution is 0.0592. The summed E-state index contributed by atoms with van der Waals surface area (Å²) in [6, 6.07) is 29.0. The smallest absolute Gasteiger partial charge is 0.337 e. The van der Waals surface area contributed by atoms with Gasteiger partial charge in [-0.2, -0.15) is 0 Å². The molecular formula is C44H36O10. The van der Waals surface area contributed by atoms with Crippen molar-refractivity contribution in [3.8, 4) is 0 Å². The Morgan fingerprint density at radius 2 is 0.537 bits per heavy atom. The van der Waals surface area contributed by atoms with E-state index in [2.05, 4.69) is 0 Å². The fourth-order valence-corrected chi connectivity index (χ4v) is 7.19. The zero-order chi connectivity index (χ0) is 37.9. The maximum Gasteiger partial charge on any atom is 0.337 e. The highest BCUT2D eigenvalue weighted by atomic mass is 16.5. The van der Waals surface area contributed by atoms with Crippen molar-refractivity contribution in [3.05, 3.63) is 164 Å². The standard InChI is InChI=1S/C44H36O10/c1-49-41(45)29-13-5-25(6-14-29)37-33-21-53-22-34(33)39(27-9-17-31(18-10-27)43(47)51-3)40(28-11-19-32(20-12-28)44(48)52-4)36-24-54-23-35(36)38(37)26-7-15-30(16-8-26)42(46)50-2/h5-20H,21-24H2,1-4H3/b37-33?,38-35?,38-37-,39-34?,40-36?,40-39-. The molecule has 0 saturated carbocycles. The van der Waals surface area contributed by atoms with Crippen LogP contribution in [0.5, 0.6) is 0 Å². The lowest BCUT2D eigenvalue weighted by Gasteiger charge is -2.27. The minimum atomic E-state index is -0.450. The molecule has 0 unspecified atom stereocenters. The van der Waals surface area contributed by atoms with Gasteiger partial charge in [0.25, 0.3) is 0 Å². The van der Waals surface area contributed by atoms with Gasteiger partial charge in [0.15, 0.2) is 0 Å². The Morgan fingerprint density at radius 3 is 0.704 bits per heavy atom. The molecule has 272 valence electrons. The Balaban J connectivity index is 1.58. The van der Waals surface area contributed by atoms with Gasteiger partial charge in [-0.1, -0.05) is 48.5 Å². The number of esters is 4. The summed E-state index contributed by atoms with van der Waals surface area (Å²) in [7, 11) is 5.38. The molecule has 0 bridgehead atoms. The lowest BCUT2D eigenvalue weighted by Crippen LogP contribution is -2.10. The fourth-order valence-electron chi connectivity index (χ4n) is 7.19. The molecule has 0 aromatic heterocycles. The third kappa shape index (κ3) is 6.57. The van der Waals surface area contributed by atoms with Crippen LogP contribution in [0.4, 0.5) is 0 Å². The van der Waals surface area contributed by atoms with E-state index in [9.17, 15) is 19.2 Å². The highest BCUT2D eigenvalue weighted by Gasteiger charge is 2.36. The Kier molecular flexibility index (Phi) is 10.2. The third-order valence-corrected chi connectivity index (χ3v) is 9.80. The van der Waals surface area contributed by atoms with Crippen molar-refractivity contribution >= 4 is 46.2 Å². The Hall–Kier alpha value is -6.36. The van der Waals surface area contributed by atoms with Crippen LogP contribution in [0.2, 0.25) is 0 Å². The highest BCUT2D eigenvalue weighted by Crippen LogP contribution is 2.51. The molecule has 2 heterocycles. The minimum Gasteiger partial charge on any atom is -0.465 e. The first-order valence-electron chi connectivity index (χ1n) is 17.1. The predicted molar refractivity (Wildman–Crippen MR) is 200 cm³/mol. The van der Waals surface area contributed by atoms with Gasteiger partial charge in [-0.15, -0.1) is 0 Å². The summed E-state index contributed by atoms with van der Waals surface area (Å²) in [5.74, 6) is -1.80. The summed E-state index contributed by atoms with van der Waals surface area (Å²) >= 11 is 0. The predicted octanol–water partition coefficient (Wildman–Crippen LogP) is 7.02. The quantitative estimate of drug-likeness (QED) is 0.138. The van der Waals surface area contributed by atoms with Crippen LogP contribution in [0.15, 0.2) is 119 Å². The van der Waals surface area contributed by atoms with Crippen molar-refractivity contribution in [2.45, 2.75) is 0 Å². The maximum absolute atomic E-state index is 12.5. The van der Waals surface area contributed by atoms with Gasteiger partial charge < -0.3 is 28.4 Å². The van der Waals surface area contributed by atoms with Gasteiger partial charge >= 0.3 is 23.9 Å². The molecule has 0 radical (unpaired) electrons. The molecular weight excluding hydrogens is 688 g/mol. The van der Waals surface area contributed by atoms with E-state index in [-0.39, 0.29) is 26.4 Å². The number of rotatable bonds is 8. The van der Waals surface area contributed by atoms with Crippen LogP contribution in [-0.4, -0.2) is 78.7 Å². The van der Waals surface area contributed by atoms with Crippen molar-refractivity contribution in [1.29, 1.82) is 0 Å². The van der Waals surface area contributed by atoms with Gasteiger partial charge in [-0.3, -0.25) is 0 Å². The van der Waals surface area contributed by atoms with Gasteiger partial charge in [-0.25, -0.2) is 19.2 Å². The number of hydrogen-bond donors (Lipinski definition) is 0. The van der Waals surface area contributed by atoms with Crippen LogP contribution < -0.4 is 0 Å². The molecule has 4 aromatic carbocycles. The molecule has 7 rings (SSSR count). The number of methoxy groups -OCH3 is 4. The number of carbonyl (C=O) groups is 4. The van der Waals surface area contributed by atoms with Crippen molar-refractivity contribution in [2.24, 2.45) is 0 Å². The monoisotopic (exact) mass is 724 g/mol. The topological polar surface area (TPSA) is 124 Å². The Morgan fingerprint density at radius 1 is 0.352 bits per heavy atom. The second kappa shape index (κ2) is 15.3. The summed E-state index contributed by atoms with van der Waals surface area (Å²) in [5, 5.41) is 0. The second-order valence-electron chi connectivity index (χ2n) is 12.7. The molecule has 10 heteroatoms. The molecule has 3 aliphatic rings. The van der Waals surface area contributed by atoms with Gasteiger partial charge in [0.1, 0.15) is 0 Å². The summed E-state index contributed by atoms with van der Waals surface area (Å²) in [4.78, 5) is 49.9. The van der Waals surface area contributed by atoms with E-state index < -0.39 is 23.9 Å². The second-order valence-corrected chi connectivity index (χ2v) is 12.7. The van der Waals surface area contributed by atoms with Crippen LogP contribution in [0, 0.1) is 0 Å². The summed E-state index contributed by atoms with van der Waals surface area (Å²) in [5.41, 5.74) is 12.1. The van der Waals surface area contributed by atoms with Crippen LogP contribution >= 0.6 is 0 Å². The average molecular weight is 725 g/mol. The van der Waals surface area contributed by atoms with Crippen molar-refractivity contribution in [2.75, 3.05) is 54.9 Å². The summed E-state index contributed by atoms with van der Waals surface area (Å²) < 4.78 is 32.6. The molecule has 2 aliphatic heterocycles. The van der Waals surface area contributed by atoms with Crippen LogP contribution in [-0.2, 0) is 28.4 Å². The molecule has 0 saturated heterocycles. The SMILES string of the molecule is COC(=O)c1ccc(/C2=C(\c3ccc(C(=O)OC)cc3)C3=C(COC3)/C(c3ccc(C(=O)OC)cc3)=C(/c3ccc(C(=O)OC)cc3)C3=C2COC3)cc1. The molecule has 0 N–H and O–H groups in total. The number of carbonyl (C=O) groups excluding carboxylic acids is 4. The first-order chi connectivity index (χ1) is 26.3. The number of benzene rings is 4. The molecule has 1 aliphatic carbocycles. The molecule has 4 aromatic rings. The van der Waals surface area contributed by atoms with Crippen LogP contribution in [0.1, 0.15) is 63.7 Å². The minimum absolute atomic E-state index is 0.273. The summed E-state index contributed by atoms with van der Waals surface area (Å²) in [6.07, 6.45) is 0. The fraction of sp³-hybridized carbons (Fsp3) is 0.182. The zero-order valence-electron chi connectivity index (χ0n) is 30.1. The van der Waals surface area contributed by atoms with E-state index in [1.54, 1.807) is 48.5 Å². The van der Waals surface area contributed by atoms with Crippen molar-refractivity contribution in [1.82, 2.24) is 0 Å². The van der Waals surface area contributed by atoms with Gasteiger partial charge in [0, 0.05) is 0 Å². The normalized spacial score (nSPS) is 18.0. The van der Waals surface area contributed by atoms with Crippen molar-refractivity contribution < 1.29 is 47.6 Å². The zero-order valence-corrected chi connectivity index (χ0v) is 30.1. The Labute approximate surface area is 311 Å². The van der Waals surface area contributed by atoms with Gasteiger partial charge in [0.2, 0.25) is 0 Å². The number of hydrogen-bond acceptors (Lipinski definition) is 10. The molecule has 0 fully saturated rings. The van der Waals surface area contributed by atoms with E-state index in [0.29, 0.717) is 22.3 Å². The van der Waals surface area contributed by atoms with E-state index in [4.69, 9.17) is 28.4 Å². The van der Waals surface area contributed by atoms with Gasteiger partial charge in [0.05, 0.1) is 77.1 Å². The van der Waals surface area contributed by atoms with Crippen LogP contribution in [0.3, 0.4) is 0 Å². The van der Waals surface area contributed by atoms with E-state index in [1.165, 1.54) is 28.4 Å². The number of ether oxygens (including phenoxy) is 6. The molecule has 0 spiro atoms. The first-order valence-corrected chi connectivity index (χ1v) is 17.1. The van der Waals surface area contributed by atoms with Gasteiger partial charge in [-0.05, 0) is 115 Å². The van der Waals surface area contributed by atoms with E-state index in [1.807, 2.05) is 48.5 Å². The van der Waals surface area contributed by atoms with Crippen molar-refractivity contribution in [3.63, 3.8) is 0 Å². The molecule has 10 nitrogen and oxygen atoms in total. The van der Waals surface area contributed by atoms with E-state index in [0.717, 1.165) is 66.8 Å². The third-order valence-electron chi connectivity index (χ3n) is 9.80.